The molecular formula is C9H17P. The Balaban J connectivity index is 2.17. The predicted molar refractivity (Wildman–Crippen MR) is 48.0 cm³/mol. The van der Waals surface area contributed by atoms with Crippen molar-refractivity contribution in [1.29, 1.82) is 0 Å². The Bertz CT molecular complexity index is 128. The zero-order valence-corrected chi connectivity index (χ0v) is 8.07. The summed E-state index contributed by atoms with van der Waals surface area (Å²) < 4.78 is 0. The molecule has 0 aromatic carbocycles. The number of rotatable bonds is 0. The first-order valence-electron chi connectivity index (χ1n) is 4.42. The van der Waals surface area contributed by atoms with Crippen LogP contribution in [0.4, 0.5) is 0 Å². The molecule has 58 valence electrons. The van der Waals surface area contributed by atoms with E-state index >= 15 is 0 Å². The summed E-state index contributed by atoms with van der Waals surface area (Å²) in [7, 11) is 0.445. The van der Waals surface area contributed by atoms with Crippen LogP contribution in [0, 0.1) is 11.8 Å². The third-order valence-electron chi connectivity index (χ3n) is 3.59. The van der Waals surface area contributed by atoms with E-state index < -0.39 is 0 Å². The van der Waals surface area contributed by atoms with Gasteiger partial charge < -0.3 is 0 Å². The van der Waals surface area contributed by atoms with Crippen molar-refractivity contribution in [2.75, 3.05) is 6.66 Å². The molecule has 4 atom stereocenters. The van der Waals surface area contributed by atoms with Gasteiger partial charge in [0.1, 0.15) is 0 Å². The van der Waals surface area contributed by atoms with E-state index in [1.807, 2.05) is 0 Å². The minimum atomic E-state index is 0.445. The Hall–Kier alpha value is 0.430. The normalized spacial score (nSPS) is 59.7. The lowest BCUT2D eigenvalue weighted by atomic mass is 9.84. The van der Waals surface area contributed by atoms with Gasteiger partial charge in [0.25, 0.3) is 0 Å². The van der Waals surface area contributed by atoms with Crippen LogP contribution in [0.1, 0.15) is 26.7 Å². The lowest BCUT2D eigenvalue weighted by Crippen LogP contribution is -2.18. The maximum absolute atomic E-state index is 2.53. The fourth-order valence-corrected chi connectivity index (χ4v) is 6.59. The number of hydrogen-bond acceptors (Lipinski definition) is 0. The van der Waals surface area contributed by atoms with Crippen LogP contribution < -0.4 is 0 Å². The van der Waals surface area contributed by atoms with Gasteiger partial charge in [-0.05, 0) is 42.7 Å². The highest BCUT2D eigenvalue weighted by atomic mass is 31.1. The van der Waals surface area contributed by atoms with Crippen molar-refractivity contribution in [1.82, 2.24) is 0 Å². The third-order valence-corrected chi connectivity index (χ3v) is 7.12. The molecule has 0 amide bonds. The second-order valence-electron chi connectivity index (χ2n) is 4.23. The molecule has 2 saturated heterocycles. The van der Waals surface area contributed by atoms with Crippen LogP contribution >= 0.6 is 7.92 Å². The summed E-state index contributed by atoms with van der Waals surface area (Å²) in [5, 5.41) is 0. The molecule has 1 heteroatoms. The minimum absolute atomic E-state index is 0.445. The van der Waals surface area contributed by atoms with Crippen LogP contribution in [0.25, 0.3) is 0 Å². The molecule has 2 fully saturated rings. The molecule has 0 saturated carbocycles. The van der Waals surface area contributed by atoms with Crippen molar-refractivity contribution in [2.45, 2.75) is 38.0 Å². The molecule has 2 rings (SSSR count). The minimum Gasteiger partial charge on any atom is -0.103 e. The highest BCUT2D eigenvalue weighted by Gasteiger charge is 2.46. The van der Waals surface area contributed by atoms with Crippen molar-refractivity contribution >= 4 is 7.92 Å². The van der Waals surface area contributed by atoms with Crippen molar-refractivity contribution in [3.05, 3.63) is 0 Å². The lowest BCUT2D eigenvalue weighted by molar-refractivity contribution is 0.365. The van der Waals surface area contributed by atoms with Crippen LogP contribution in [0.3, 0.4) is 0 Å². The first-order valence-corrected chi connectivity index (χ1v) is 6.35. The van der Waals surface area contributed by atoms with Crippen molar-refractivity contribution < 1.29 is 0 Å². The van der Waals surface area contributed by atoms with Gasteiger partial charge in [0.15, 0.2) is 0 Å². The number of fused-ring (bicyclic) bond motifs is 2. The highest BCUT2D eigenvalue weighted by molar-refractivity contribution is 7.59. The fourth-order valence-electron chi connectivity index (χ4n) is 2.92. The molecule has 2 bridgehead atoms. The largest absolute Gasteiger partial charge is 0.103 e. The first-order chi connectivity index (χ1) is 4.70. The summed E-state index contributed by atoms with van der Waals surface area (Å²) in [5.41, 5.74) is 2.30. The van der Waals surface area contributed by atoms with Gasteiger partial charge in [-0.15, -0.1) is 7.92 Å². The Morgan fingerprint density at radius 1 is 1.00 bits per heavy atom. The molecular weight excluding hydrogens is 139 g/mol. The first kappa shape index (κ1) is 7.10. The molecule has 0 radical (unpaired) electrons. The molecule has 2 aliphatic rings. The Morgan fingerprint density at radius 2 is 1.40 bits per heavy atom. The van der Waals surface area contributed by atoms with Crippen molar-refractivity contribution in [2.24, 2.45) is 11.8 Å². The lowest BCUT2D eigenvalue weighted by Gasteiger charge is -2.20. The van der Waals surface area contributed by atoms with E-state index in [0.717, 1.165) is 23.2 Å². The van der Waals surface area contributed by atoms with Crippen LogP contribution in [0.5, 0.6) is 0 Å². The Kier molecular flexibility index (Phi) is 1.57. The van der Waals surface area contributed by atoms with Crippen LogP contribution in [0.2, 0.25) is 0 Å². The number of hydrogen-bond donors (Lipinski definition) is 0. The van der Waals surface area contributed by atoms with Gasteiger partial charge in [0.2, 0.25) is 0 Å². The topological polar surface area (TPSA) is 0 Å². The van der Waals surface area contributed by atoms with Crippen molar-refractivity contribution in [3.8, 4) is 0 Å². The quantitative estimate of drug-likeness (QED) is 0.473. The summed E-state index contributed by atoms with van der Waals surface area (Å²) in [5.74, 6) is 2.13. The molecule has 0 aromatic rings. The van der Waals surface area contributed by atoms with Crippen LogP contribution in [-0.2, 0) is 0 Å². The maximum Gasteiger partial charge on any atom is -0.0180 e. The molecule has 0 spiro atoms. The van der Waals surface area contributed by atoms with Crippen LogP contribution in [-0.4, -0.2) is 18.0 Å². The van der Waals surface area contributed by atoms with Gasteiger partial charge in [-0.2, -0.15) is 0 Å². The molecule has 2 aliphatic heterocycles. The van der Waals surface area contributed by atoms with Crippen molar-refractivity contribution in [3.63, 3.8) is 0 Å². The molecule has 4 unspecified atom stereocenters. The molecule has 10 heavy (non-hydrogen) atoms. The fraction of sp³-hybridized carbons (Fsp3) is 1.00. The SMILES string of the molecule is CC1CC2C(C)CC1P2C. The zero-order chi connectivity index (χ0) is 7.30. The van der Waals surface area contributed by atoms with E-state index in [1.165, 1.54) is 0 Å². The monoisotopic (exact) mass is 156 g/mol. The second-order valence-corrected chi connectivity index (χ2v) is 6.88. The van der Waals surface area contributed by atoms with E-state index in [4.69, 9.17) is 0 Å². The van der Waals surface area contributed by atoms with E-state index in [1.54, 1.807) is 12.8 Å². The summed E-state index contributed by atoms with van der Waals surface area (Å²) in [4.78, 5) is 0. The molecule has 2 heterocycles. The Morgan fingerprint density at radius 3 is 1.60 bits per heavy atom. The summed E-state index contributed by atoms with van der Waals surface area (Å²) >= 11 is 0. The zero-order valence-electron chi connectivity index (χ0n) is 7.17. The highest BCUT2D eigenvalue weighted by Crippen LogP contribution is 2.65. The maximum atomic E-state index is 2.53. The van der Waals surface area contributed by atoms with E-state index in [2.05, 4.69) is 20.5 Å². The summed E-state index contributed by atoms with van der Waals surface area (Å²) in [6.45, 7) is 7.43. The molecule has 0 N–H and O–H groups in total. The van der Waals surface area contributed by atoms with Gasteiger partial charge in [-0.1, -0.05) is 13.8 Å². The van der Waals surface area contributed by atoms with Gasteiger partial charge in [-0.3, -0.25) is 0 Å². The average molecular weight is 156 g/mol. The predicted octanol–water partition coefficient (Wildman–Crippen LogP) is 2.91. The molecule has 0 aromatic heterocycles. The Labute approximate surface area is 65.1 Å². The summed E-state index contributed by atoms with van der Waals surface area (Å²) in [6, 6.07) is 0. The average Bonchev–Trinajstić information content (AvgIpc) is 2.26. The summed E-state index contributed by atoms with van der Waals surface area (Å²) in [6.07, 6.45) is 3.10. The smallest absolute Gasteiger partial charge is 0.0180 e. The van der Waals surface area contributed by atoms with Crippen LogP contribution in [0.15, 0.2) is 0 Å². The standard InChI is InChI=1S/C9H17P/c1-6-4-9-7(2)5-8(6)10(9)3/h6-9H,4-5H2,1-3H3. The van der Waals surface area contributed by atoms with E-state index in [0.29, 0.717) is 7.92 Å². The van der Waals surface area contributed by atoms with Gasteiger partial charge in [0, 0.05) is 0 Å². The van der Waals surface area contributed by atoms with Gasteiger partial charge in [0.05, 0.1) is 0 Å². The molecule has 0 nitrogen and oxygen atoms in total. The van der Waals surface area contributed by atoms with E-state index in [-0.39, 0.29) is 0 Å². The van der Waals surface area contributed by atoms with Gasteiger partial charge in [-0.25, -0.2) is 0 Å². The second kappa shape index (κ2) is 2.21. The van der Waals surface area contributed by atoms with E-state index in [9.17, 15) is 0 Å². The molecule has 0 aliphatic carbocycles. The van der Waals surface area contributed by atoms with Gasteiger partial charge >= 0.3 is 0 Å². The third kappa shape index (κ3) is 0.780.